The summed E-state index contributed by atoms with van der Waals surface area (Å²) < 4.78 is 24.8. The summed E-state index contributed by atoms with van der Waals surface area (Å²) in [5, 5.41) is 4.96. The lowest BCUT2D eigenvalue weighted by molar-refractivity contribution is 0.608. The maximum atomic E-state index is 11.8. The molecule has 1 aromatic carbocycles. The topological polar surface area (TPSA) is 52.0 Å². The number of benzene rings is 1. The first-order chi connectivity index (χ1) is 9.79. The molecule has 1 fully saturated rings. The predicted molar refractivity (Wildman–Crippen MR) is 83.6 cm³/mol. The monoisotopic (exact) mass is 384 g/mol. The molecule has 0 spiro atoms. The van der Waals surface area contributed by atoms with Crippen molar-refractivity contribution in [3.63, 3.8) is 0 Å². The number of nitrogens with zero attached hydrogens (tertiary/aromatic N) is 2. The Balaban J connectivity index is 2.22. The van der Waals surface area contributed by atoms with Gasteiger partial charge < -0.3 is 0 Å². The van der Waals surface area contributed by atoms with Gasteiger partial charge in [-0.15, -0.1) is 0 Å². The molecule has 0 N–H and O–H groups in total. The Hall–Kier alpha value is -0.460. The summed E-state index contributed by atoms with van der Waals surface area (Å²) in [6.07, 6.45) is 1.74. The minimum Gasteiger partial charge on any atom is -0.220 e. The van der Waals surface area contributed by atoms with Crippen molar-refractivity contribution >= 4 is 54.5 Å². The van der Waals surface area contributed by atoms with Crippen LogP contribution in [0.4, 0.5) is 0 Å². The molecule has 9 heteroatoms. The molecule has 1 aromatic heterocycles. The van der Waals surface area contributed by atoms with Crippen molar-refractivity contribution in [2.24, 2.45) is 0 Å². The third-order valence-electron chi connectivity index (χ3n) is 3.17. The van der Waals surface area contributed by atoms with Gasteiger partial charge in [-0.3, -0.25) is 0 Å². The van der Waals surface area contributed by atoms with Crippen molar-refractivity contribution in [1.82, 2.24) is 9.78 Å². The van der Waals surface area contributed by atoms with E-state index < -0.39 is 9.05 Å². The lowest BCUT2D eigenvalue weighted by Crippen LogP contribution is -1.97. The van der Waals surface area contributed by atoms with E-state index in [0.717, 1.165) is 12.8 Å². The number of halogens is 4. The van der Waals surface area contributed by atoms with Crippen molar-refractivity contribution in [1.29, 1.82) is 0 Å². The fourth-order valence-electron chi connectivity index (χ4n) is 2.04. The van der Waals surface area contributed by atoms with Gasteiger partial charge in [-0.25, -0.2) is 13.1 Å². The minimum atomic E-state index is -3.98. The second kappa shape index (κ2) is 5.32. The Morgan fingerprint density at radius 1 is 1.14 bits per heavy atom. The van der Waals surface area contributed by atoms with Crippen LogP contribution in [0.25, 0.3) is 5.69 Å². The maximum absolute atomic E-state index is 11.8. The highest BCUT2D eigenvalue weighted by Gasteiger charge is 2.36. The lowest BCUT2D eigenvalue weighted by atomic mass is 10.3. The average Bonchev–Trinajstić information content (AvgIpc) is 3.15. The molecule has 1 aliphatic carbocycles. The summed E-state index contributed by atoms with van der Waals surface area (Å²) in [6.45, 7) is 0. The molecule has 1 aliphatic rings. The van der Waals surface area contributed by atoms with Crippen LogP contribution >= 0.6 is 45.5 Å². The molecule has 1 saturated carbocycles. The van der Waals surface area contributed by atoms with Gasteiger partial charge >= 0.3 is 0 Å². The summed E-state index contributed by atoms with van der Waals surface area (Å²) >= 11 is 18.0. The molecule has 21 heavy (non-hydrogen) atoms. The van der Waals surface area contributed by atoms with Gasteiger partial charge in [-0.1, -0.05) is 34.8 Å². The third kappa shape index (κ3) is 2.90. The van der Waals surface area contributed by atoms with Crippen LogP contribution < -0.4 is 0 Å². The average molecular weight is 386 g/mol. The fourth-order valence-corrected chi connectivity index (χ4v) is 4.19. The predicted octanol–water partition coefficient (Wildman–Crippen LogP) is 4.64. The number of aromatic nitrogens is 2. The Labute approximate surface area is 141 Å². The Morgan fingerprint density at radius 2 is 1.81 bits per heavy atom. The fraction of sp³-hybridized carbons (Fsp3) is 0.250. The van der Waals surface area contributed by atoms with E-state index in [2.05, 4.69) is 5.10 Å². The third-order valence-corrected chi connectivity index (χ3v) is 5.72. The summed E-state index contributed by atoms with van der Waals surface area (Å²) in [7, 11) is 1.51. The van der Waals surface area contributed by atoms with E-state index in [0.29, 0.717) is 21.4 Å². The normalized spacial score (nSPS) is 15.4. The molecule has 4 nitrogen and oxygen atoms in total. The van der Waals surface area contributed by atoms with E-state index in [4.69, 9.17) is 45.5 Å². The first kappa shape index (κ1) is 15.4. The van der Waals surface area contributed by atoms with Gasteiger partial charge in [0.25, 0.3) is 9.05 Å². The zero-order chi connectivity index (χ0) is 15.4. The van der Waals surface area contributed by atoms with Crippen molar-refractivity contribution in [3.8, 4) is 5.69 Å². The van der Waals surface area contributed by atoms with E-state index in [1.807, 2.05) is 0 Å². The highest BCUT2D eigenvalue weighted by Crippen LogP contribution is 2.45. The van der Waals surface area contributed by atoms with E-state index >= 15 is 0 Å². The summed E-state index contributed by atoms with van der Waals surface area (Å²) in [4.78, 5) is -0.126. The SMILES string of the molecule is O=S(=O)(Cl)c1c(C2CC2)nn(-c2ccc(Cl)c(Cl)c2)c1Cl. The van der Waals surface area contributed by atoms with Gasteiger partial charge in [-0.2, -0.15) is 5.10 Å². The zero-order valence-electron chi connectivity index (χ0n) is 10.4. The molecule has 0 amide bonds. The van der Waals surface area contributed by atoms with Crippen molar-refractivity contribution in [3.05, 3.63) is 39.1 Å². The van der Waals surface area contributed by atoms with Crippen LogP contribution in [-0.2, 0) is 9.05 Å². The molecular formula is C12H8Cl4N2O2S. The quantitative estimate of drug-likeness (QED) is 0.723. The molecule has 2 aromatic rings. The van der Waals surface area contributed by atoms with Crippen LogP contribution in [0.5, 0.6) is 0 Å². The maximum Gasteiger partial charge on any atom is 0.266 e. The standard InChI is InChI=1S/C12H8Cl4N2O2S/c13-8-4-3-7(5-9(8)14)18-12(15)11(21(16,19)20)10(17-18)6-1-2-6/h3-6H,1-2H2. The van der Waals surface area contributed by atoms with Gasteiger partial charge in [0.2, 0.25) is 0 Å². The Kier molecular flexibility index (Phi) is 3.91. The molecule has 0 aliphatic heterocycles. The van der Waals surface area contributed by atoms with Gasteiger partial charge in [0.15, 0.2) is 5.15 Å². The van der Waals surface area contributed by atoms with Crippen LogP contribution in [0.3, 0.4) is 0 Å². The highest BCUT2D eigenvalue weighted by atomic mass is 35.7. The molecule has 0 atom stereocenters. The molecule has 0 unspecified atom stereocenters. The summed E-state index contributed by atoms with van der Waals surface area (Å²) in [6, 6.07) is 4.79. The van der Waals surface area contributed by atoms with Gasteiger partial charge in [0, 0.05) is 16.6 Å². The second-order valence-corrected chi connectivity index (χ2v) is 8.40. The van der Waals surface area contributed by atoms with Crippen molar-refractivity contribution in [2.75, 3.05) is 0 Å². The second-order valence-electron chi connectivity index (χ2n) is 4.73. The molecule has 0 radical (unpaired) electrons. The van der Waals surface area contributed by atoms with Gasteiger partial charge in [0.05, 0.1) is 21.4 Å². The van der Waals surface area contributed by atoms with Crippen molar-refractivity contribution < 1.29 is 8.42 Å². The minimum absolute atomic E-state index is 0.0507. The van der Waals surface area contributed by atoms with E-state index in [1.54, 1.807) is 18.2 Å². The molecular weight excluding hydrogens is 378 g/mol. The van der Waals surface area contributed by atoms with Gasteiger partial charge in [0.1, 0.15) is 4.90 Å². The molecule has 3 rings (SSSR count). The van der Waals surface area contributed by atoms with Crippen LogP contribution in [0.15, 0.2) is 23.1 Å². The molecule has 0 bridgehead atoms. The lowest BCUT2D eigenvalue weighted by Gasteiger charge is -2.04. The van der Waals surface area contributed by atoms with Gasteiger partial charge in [-0.05, 0) is 31.0 Å². The van der Waals surface area contributed by atoms with E-state index in [1.165, 1.54) is 4.68 Å². The van der Waals surface area contributed by atoms with Crippen LogP contribution in [-0.4, -0.2) is 18.2 Å². The first-order valence-corrected chi connectivity index (χ1v) is 9.42. The van der Waals surface area contributed by atoms with Crippen LogP contribution in [0.2, 0.25) is 15.2 Å². The smallest absolute Gasteiger partial charge is 0.220 e. The molecule has 1 heterocycles. The number of hydrogen-bond acceptors (Lipinski definition) is 3. The molecule has 112 valence electrons. The molecule has 0 saturated heterocycles. The number of rotatable bonds is 3. The van der Waals surface area contributed by atoms with E-state index in [9.17, 15) is 8.42 Å². The Bertz CT molecular complexity index is 828. The van der Waals surface area contributed by atoms with Crippen molar-refractivity contribution in [2.45, 2.75) is 23.7 Å². The van der Waals surface area contributed by atoms with Crippen LogP contribution in [0.1, 0.15) is 24.5 Å². The summed E-state index contributed by atoms with van der Waals surface area (Å²) in [5.74, 6) is 0.0787. The first-order valence-electron chi connectivity index (χ1n) is 5.97. The number of hydrogen-bond donors (Lipinski definition) is 0. The summed E-state index contributed by atoms with van der Waals surface area (Å²) in [5.41, 5.74) is 0.920. The Morgan fingerprint density at radius 3 is 2.33 bits per heavy atom. The highest BCUT2D eigenvalue weighted by molar-refractivity contribution is 8.13. The largest absolute Gasteiger partial charge is 0.266 e. The van der Waals surface area contributed by atoms with Crippen LogP contribution in [0, 0.1) is 0 Å². The van der Waals surface area contributed by atoms with E-state index in [-0.39, 0.29) is 16.0 Å². The zero-order valence-corrected chi connectivity index (χ0v) is 14.2.